The van der Waals surface area contributed by atoms with Crippen molar-refractivity contribution in [2.24, 2.45) is 4.99 Å². The van der Waals surface area contributed by atoms with Gasteiger partial charge in [0, 0.05) is 0 Å². The van der Waals surface area contributed by atoms with E-state index in [1.807, 2.05) is 38.1 Å². The van der Waals surface area contributed by atoms with Crippen LogP contribution in [0.25, 0.3) is 6.08 Å². The highest BCUT2D eigenvalue weighted by atomic mass is 35.5. The van der Waals surface area contributed by atoms with E-state index in [-0.39, 0.29) is 47.3 Å². The van der Waals surface area contributed by atoms with Crippen LogP contribution in [0.15, 0.2) is 69.6 Å². The van der Waals surface area contributed by atoms with Gasteiger partial charge in [0.15, 0.2) is 33.5 Å². The van der Waals surface area contributed by atoms with E-state index in [0.29, 0.717) is 54.9 Å². The predicted octanol–water partition coefficient (Wildman–Crippen LogP) is 6.21. The monoisotopic (exact) mass is 710 g/mol. The zero-order chi connectivity index (χ0) is 34.1. The molecule has 6 rings (SSSR count). The van der Waals surface area contributed by atoms with Gasteiger partial charge in [-0.05, 0) is 86.9 Å². The second-order valence-electron chi connectivity index (χ2n) is 11.2. The second kappa shape index (κ2) is 14.0. The van der Waals surface area contributed by atoms with Gasteiger partial charge < -0.3 is 28.4 Å². The summed E-state index contributed by atoms with van der Waals surface area (Å²) in [4.78, 5) is 32.5. The molecule has 0 unspecified atom stereocenters. The summed E-state index contributed by atoms with van der Waals surface area (Å²) in [6.07, 6.45) is 1.60. The maximum atomic E-state index is 14.1. The summed E-state index contributed by atoms with van der Waals surface area (Å²) in [6, 6.07) is 13.4. The van der Waals surface area contributed by atoms with Crippen molar-refractivity contribution in [3.8, 4) is 28.7 Å². The van der Waals surface area contributed by atoms with Crippen molar-refractivity contribution in [1.29, 1.82) is 0 Å². The van der Waals surface area contributed by atoms with E-state index < -0.39 is 12.0 Å². The Labute approximate surface area is 290 Å². The second-order valence-corrected chi connectivity index (χ2v) is 13.0. The van der Waals surface area contributed by atoms with E-state index >= 15 is 0 Å². The molecule has 13 heteroatoms. The summed E-state index contributed by atoms with van der Waals surface area (Å²) in [5, 5.41) is 0.549. The highest BCUT2D eigenvalue weighted by molar-refractivity contribution is 7.07. The number of rotatable bonds is 10. The molecule has 3 heterocycles. The third kappa shape index (κ3) is 6.63. The molecule has 48 heavy (non-hydrogen) atoms. The molecule has 2 aliphatic rings. The van der Waals surface area contributed by atoms with Crippen molar-refractivity contribution >= 4 is 46.6 Å². The quantitative estimate of drug-likeness (QED) is 0.179. The van der Waals surface area contributed by atoms with Gasteiger partial charge in [-0.15, -0.1) is 0 Å². The molecule has 0 bridgehead atoms. The summed E-state index contributed by atoms with van der Waals surface area (Å²) >= 11 is 14.4. The molecule has 0 saturated heterocycles. The Bertz CT molecular complexity index is 2100. The molecule has 1 aromatic heterocycles. The fourth-order valence-electron chi connectivity index (χ4n) is 5.45. The van der Waals surface area contributed by atoms with Crippen molar-refractivity contribution in [2.75, 3.05) is 20.5 Å². The minimum atomic E-state index is -0.830. The van der Waals surface area contributed by atoms with Crippen molar-refractivity contribution in [1.82, 2.24) is 4.57 Å². The minimum absolute atomic E-state index is 0.0858. The van der Waals surface area contributed by atoms with Gasteiger partial charge in [-0.3, -0.25) is 9.36 Å². The Hall–Kier alpha value is -4.45. The molecular formula is C35H32Cl2N2O8S. The zero-order valence-corrected chi connectivity index (χ0v) is 29.1. The van der Waals surface area contributed by atoms with Crippen LogP contribution in [0.1, 0.15) is 50.4 Å². The molecule has 4 aromatic rings. The number of nitrogens with zero attached hydrogens (tertiary/aromatic N) is 2. The van der Waals surface area contributed by atoms with Crippen molar-refractivity contribution in [3.63, 3.8) is 0 Å². The number of halogens is 2. The molecule has 0 N–H and O–H groups in total. The topological polar surface area (TPSA) is 107 Å². The number of benzene rings is 3. The van der Waals surface area contributed by atoms with Crippen LogP contribution in [0.3, 0.4) is 0 Å². The number of hydrogen-bond donors (Lipinski definition) is 0. The highest BCUT2D eigenvalue weighted by Crippen LogP contribution is 2.38. The molecule has 0 aliphatic carbocycles. The molecule has 1 atom stereocenters. The molecule has 250 valence electrons. The number of ether oxygens (including phenoxy) is 6. The lowest BCUT2D eigenvalue weighted by atomic mass is 9.95. The first-order chi connectivity index (χ1) is 23.1. The molecule has 0 spiro atoms. The average molecular weight is 712 g/mol. The third-order valence-corrected chi connectivity index (χ3v) is 9.07. The van der Waals surface area contributed by atoms with Gasteiger partial charge in [0.1, 0.15) is 6.61 Å². The maximum absolute atomic E-state index is 14.1. The van der Waals surface area contributed by atoms with E-state index in [9.17, 15) is 9.59 Å². The van der Waals surface area contributed by atoms with Crippen LogP contribution in [0.4, 0.5) is 0 Å². The van der Waals surface area contributed by atoms with Crippen LogP contribution >= 0.6 is 34.5 Å². The van der Waals surface area contributed by atoms with E-state index in [2.05, 4.69) is 4.99 Å². The van der Waals surface area contributed by atoms with Gasteiger partial charge in [-0.2, -0.15) is 0 Å². The van der Waals surface area contributed by atoms with Crippen LogP contribution in [-0.2, 0) is 16.1 Å². The largest absolute Gasteiger partial charge is 0.493 e. The predicted molar refractivity (Wildman–Crippen MR) is 183 cm³/mol. The molecule has 0 amide bonds. The number of allylic oxidation sites excluding steroid dienone is 1. The van der Waals surface area contributed by atoms with Crippen LogP contribution < -0.4 is 38.6 Å². The smallest absolute Gasteiger partial charge is 0.338 e. The number of thiazole rings is 1. The van der Waals surface area contributed by atoms with Crippen molar-refractivity contribution < 1.29 is 33.2 Å². The summed E-state index contributed by atoms with van der Waals surface area (Å²) in [6.45, 7) is 7.82. The Morgan fingerprint density at radius 2 is 1.83 bits per heavy atom. The number of carbonyl (C=O) groups is 1. The number of methoxy groups -OCH3 is 1. The van der Waals surface area contributed by atoms with Crippen LogP contribution in [0, 0.1) is 0 Å². The van der Waals surface area contributed by atoms with Gasteiger partial charge in [-0.25, -0.2) is 9.79 Å². The van der Waals surface area contributed by atoms with E-state index in [1.165, 1.54) is 23.0 Å². The first kappa shape index (κ1) is 33.5. The normalized spacial score (nSPS) is 15.3. The summed E-state index contributed by atoms with van der Waals surface area (Å²) in [5.74, 6) is 2.08. The molecular weight excluding hydrogens is 679 g/mol. The summed E-state index contributed by atoms with van der Waals surface area (Å²) in [7, 11) is 1.54. The van der Waals surface area contributed by atoms with Gasteiger partial charge in [-0.1, -0.05) is 46.7 Å². The third-order valence-electron chi connectivity index (χ3n) is 7.52. The molecule has 0 radical (unpaired) electrons. The lowest BCUT2D eigenvalue weighted by Gasteiger charge is -2.25. The lowest BCUT2D eigenvalue weighted by molar-refractivity contribution is -0.139. The van der Waals surface area contributed by atoms with Crippen molar-refractivity contribution in [2.45, 2.75) is 46.4 Å². The van der Waals surface area contributed by atoms with Crippen LogP contribution in [-0.4, -0.2) is 37.1 Å². The van der Waals surface area contributed by atoms with E-state index in [1.54, 1.807) is 44.2 Å². The standard InChI is InChI=1S/C35H32Cl2N2O8S/c1-6-43-34(41)30-19(4)38-35-39(31(30)22-8-10-26(47-18(2)3)27(15-22)42-5)33(40)29(48-35)14-21-11-23(36)32(24(37)12-21)44-16-20-7-9-25-28(13-20)46-17-45-25/h7-15,18,31H,6,16-17H2,1-5H3/b29-14-/t31-/m1/s1. The highest BCUT2D eigenvalue weighted by Gasteiger charge is 2.34. The Kier molecular flexibility index (Phi) is 9.73. The van der Waals surface area contributed by atoms with Gasteiger partial charge in [0.25, 0.3) is 5.56 Å². The minimum Gasteiger partial charge on any atom is -0.493 e. The Morgan fingerprint density at radius 1 is 1.08 bits per heavy atom. The van der Waals surface area contributed by atoms with E-state index in [0.717, 1.165) is 5.56 Å². The molecule has 10 nitrogen and oxygen atoms in total. The van der Waals surface area contributed by atoms with Crippen molar-refractivity contribution in [3.05, 3.63) is 106 Å². The molecule has 0 saturated carbocycles. The van der Waals surface area contributed by atoms with E-state index in [4.69, 9.17) is 51.6 Å². The van der Waals surface area contributed by atoms with Gasteiger partial charge in [0.05, 0.1) is 51.7 Å². The fraction of sp³-hybridized carbons (Fsp3) is 0.286. The summed E-state index contributed by atoms with van der Waals surface area (Å²) < 4.78 is 35.6. The number of carbonyl (C=O) groups excluding carboxylic acids is 1. The number of aromatic nitrogens is 1. The lowest BCUT2D eigenvalue weighted by Crippen LogP contribution is -2.40. The zero-order valence-electron chi connectivity index (χ0n) is 26.8. The molecule has 0 fully saturated rings. The molecule has 3 aromatic carbocycles. The average Bonchev–Trinajstić information content (AvgIpc) is 3.63. The number of esters is 1. The SMILES string of the molecule is CCOC(=O)C1=C(C)N=c2s/c(=C\c3cc(Cl)c(OCc4ccc5c(c4)OCO5)c(Cl)c3)c(=O)n2[C@@H]1c1ccc(OC(C)C)c(OC)c1. The maximum Gasteiger partial charge on any atom is 0.338 e. The first-order valence-electron chi connectivity index (χ1n) is 15.1. The Balaban J connectivity index is 1.37. The van der Waals surface area contributed by atoms with Crippen LogP contribution in [0.5, 0.6) is 28.7 Å². The fourth-order valence-corrected chi connectivity index (χ4v) is 7.11. The number of hydrogen-bond acceptors (Lipinski definition) is 10. The van der Waals surface area contributed by atoms with Gasteiger partial charge in [0.2, 0.25) is 6.79 Å². The molecule has 2 aliphatic heterocycles. The van der Waals surface area contributed by atoms with Gasteiger partial charge >= 0.3 is 5.97 Å². The van der Waals surface area contributed by atoms with Crippen LogP contribution in [0.2, 0.25) is 10.0 Å². The Morgan fingerprint density at radius 3 is 2.54 bits per heavy atom. The number of fused-ring (bicyclic) bond motifs is 2. The first-order valence-corrected chi connectivity index (χ1v) is 16.7. The summed E-state index contributed by atoms with van der Waals surface area (Å²) in [5.41, 5.74) is 2.41.